The lowest BCUT2D eigenvalue weighted by Gasteiger charge is -2.26. The van der Waals surface area contributed by atoms with Gasteiger partial charge in [0, 0.05) is 65.5 Å². The number of hydrogen-bond donors (Lipinski definition) is 0. The fourth-order valence-electron chi connectivity index (χ4n) is 7.82. The highest BCUT2D eigenvalue weighted by atomic mass is 32.1. The summed E-state index contributed by atoms with van der Waals surface area (Å²) in [5.41, 5.74) is 9.95. The predicted octanol–water partition coefficient (Wildman–Crippen LogP) is 13.1. The standard InChI is InChI=1S/C44H26N2OS/c1-2-11-27(12-3-1)28-13-10-14-29(23-28)45(30-21-22-34-33-16-5-8-19-39(33)47-40(34)26-30)31-24-36-32-15-4-7-18-38(32)46-43(36)37(25-31)42-35-17-6-9-20-41(35)48-44(42)46/h1-26H. The molecule has 11 aromatic rings. The summed E-state index contributed by atoms with van der Waals surface area (Å²) in [6.45, 7) is 0. The van der Waals surface area contributed by atoms with Gasteiger partial charge < -0.3 is 9.32 Å². The third-order valence-corrected chi connectivity index (χ3v) is 11.0. The van der Waals surface area contributed by atoms with Crippen molar-refractivity contribution < 1.29 is 4.42 Å². The number of benzene rings is 7. The minimum Gasteiger partial charge on any atom is -0.456 e. The first-order valence-corrected chi connectivity index (χ1v) is 17.1. The van der Waals surface area contributed by atoms with Gasteiger partial charge in [-0.25, -0.2) is 0 Å². The van der Waals surface area contributed by atoms with Crippen molar-refractivity contribution >= 4 is 97.8 Å². The summed E-state index contributed by atoms with van der Waals surface area (Å²) in [6, 6.07) is 56.9. The molecule has 4 heteroatoms. The summed E-state index contributed by atoms with van der Waals surface area (Å²) in [7, 11) is 0. The highest BCUT2D eigenvalue weighted by molar-refractivity contribution is 7.25. The van der Waals surface area contributed by atoms with Gasteiger partial charge in [-0.3, -0.25) is 4.40 Å². The maximum absolute atomic E-state index is 6.43. The van der Waals surface area contributed by atoms with E-state index in [1.807, 2.05) is 23.5 Å². The molecular weight excluding hydrogens is 605 g/mol. The van der Waals surface area contributed by atoms with E-state index >= 15 is 0 Å². The van der Waals surface area contributed by atoms with Gasteiger partial charge in [-0.15, -0.1) is 11.3 Å². The van der Waals surface area contributed by atoms with E-state index < -0.39 is 0 Å². The predicted molar refractivity (Wildman–Crippen MR) is 204 cm³/mol. The normalized spacial score (nSPS) is 12.2. The molecule has 0 spiro atoms. The molecule has 224 valence electrons. The second-order valence-electron chi connectivity index (χ2n) is 12.6. The minimum absolute atomic E-state index is 0.881. The van der Waals surface area contributed by atoms with E-state index in [-0.39, 0.29) is 0 Å². The van der Waals surface area contributed by atoms with E-state index in [9.17, 15) is 0 Å². The Balaban J connectivity index is 1.24. The van der Waals surface area contributed by atoms with Crippen LogP contribution < -0.4 is 4.90 Å². The van der Waals surface area contributed by atoms with Gasteiger partial charge in [-0.2, -0.15) is 0 Å². The molecule has 0 fully saturated rings. The largest absolute Gasteiger partial charge is 0.456 e. The monoisotopic (exact) mass is 630 g/mol. The molecule has 0 aliphatic heterocycles. The van der Waals surface area contributed by atoms with Crippen LogP contribution in [0, 0.1) is 0 Å². The number of anilines is 3. The Morgan fingerprint density at radius 3 is 2.08 bits per heavy atom. The van der Waals surface area contributed by atoms with E-state index in [1.165, 1.54) is 58.6 Å². The molecule has 0 radical (unpaired) electrons. The van der Waals surface area contributed by atoms with Crippen molar-refractivity contribution in [3.8, 4) is 11.1 Å². The summed E-state index contributed by atoms with van der Waals surface area (Å²) in [5.74, 6) is 0. The average Bonchev–Trinajstić information content (AvgIpc) is 3.88. The molecule has 0 atom stereocenters. The number of thiophene rings is 1. The Morgan fingerprint density at radius 2 is 1.17 bits per heavy atom. The van der Waals surface area contributed by atoms with Crippen molar-refractivity contribution in [2.24, 2.45) is 0 Å². The van der Waals surface area contributed by atoms with Gasteiger partial charge in [0.25, 0.3) is 0 Å². The number of para-hydroxylation sites is 2. The summed E-state index contributed by atoms with van der Waals surface area (Å²) in [6.07, 6.45) is 0. The molecule has 3 nitrogen and oxygen atoms in total. The molecule has 0 saturated heterocycles. The lowest BCUT2D eigenvalue weighted by Crippen LogP contribution is -2.10. The fourth-order valence-corrected chi connectivity index (χ4v) is 9.06. The molecule has 0 N–H and O–H groups in total. The molecule has 0 aliphatic carbocycles. The van der Waals surface area contributed by atoms with E-state index in [1.54, 1.807) is 0 Å². The first-order chi connectivity index (χ1) is 23.8. The Bertz CT molecular complexity index is 3010. The zero-order chi connectivity index (χ0) is 31.3. The molecule has 7 aromatic carbocycles. The van der Waals surface area contributed by atoms with Crippen LogP contribution in [0.15, 0.2) is 162 Å². The van der Waals surface area contributed by atoms with Gasteiger partial charge in [0.15, 0.2) is 0 Å². The van der Waals surface area contributed by atoms with Gasteiger partial charge >= 0.3 is 0 Å². The fraction of sp³-hybridized carbons (Fsp3) is 0. The molecule has 0 bridgehead atoms. The maximum Gasteiger partial charge on any atom is 0.137 e. The zero-order valence-corrected chi connectivity index (χ0v) is 26.5. The van der Waals surface area contributed by atoms with E-state index in [4.69, 9.17) is 4.42 Å². The van der Waals surface area contributed by atoms with Crippen LogP contribution in [0.5, 0.6) is 0 Å². The number of rotatable bonds is 4. The number of fused-ring (bicyclic) bond motifs is 11. The van der Waals surface area contributed by atoms with E-state index in [0.29, 0.717) is 0 Å². The number of furan rings is 1. The van der Waals surface area contributed by atoms with Gasteiger partial charge in [0.1, 0.15) is 16.0 Å². The van der Waals surface area contributed by atoms with Crippen molar-refractivity contribution in [3.63, 3.8) is 0 Å². The lowest BCUT2D eigenvalue weighted by molar-refractivity contribution is 0.669. The Hall–Kier alpha value is -6.10. The molecule has 0 unspecified atom stereocenters. The van der Waals surface area contributed by atoms with Crippen LogP contribution in [0.25, 0.3) is 80.6 Å². The van der Waals surface area contributed by atoms with Crippen molar-refractivity contribution in [1.29, 1.82) is 0 Å². The molecule has 0 saturated carbocycles. The smallest absolute Gasteiger partial charge is 0.137 e. The lowest BCUT2D eigenvalue weighted by atomic mass is 10.0. The van der Waals surface area contributed by atoms with Crippen molar-refractivity contribution in [2.45, 2.75) is 0 Å². The van der Waals surface area contributed by atoms with Gasteiger partial charge in [0.05, 0.1) is 11.0 Å². The summed E-state index contributed by atoms with van der Waals surface area (Å²) >= 11 is 1.88. The Morgan fingerprint density at radius 1 is 0.458 bits per heavy atom. The van der Waals surface area contributed by atoms with Gasteiger partial charge in [-0.1, -0.05) is 97.1 Å². The Labute approximate surface area is 279 Å². The maximum atomic E-state index is 6.43. The zero-order valence-electron chi connectivity index (χ0n) is 25.7. The third kappa shape index (κ3) is 3.58. The molecule has 4 heterocycles. The number of nitrogens with zero attached hydrogens (tertiary/aromatic N) is 2. The third-order valence-electron chi connectivity index (χ3n) is 9.89. The van der Waals surface area contributed by atoms with E-state index in [2.05, 4.69) is 155 Å². The molecular formula is C44H26N2OS. The topological polar surface area (TPSA) is 20.8 Å². The molecule has 0 amide bonds. The molecule has 0 aliphatic rings. The second-order valence-corrected chi connectivity index (χ2v) is 13.6. The SMILES string of the molecule is c1ccc(-c2cccc(N(c3ccc4c(c3)oc3ccccc34)c3cc4c5ccccc5n5c6sc7ccccc7c6c(c3)c45)c2)cc1. The minimum atomic E-state index is 0.881. The van der Waals surface area contributed by atoms with Crippen LogP contribution in [-0.2, 0) is 0 Å². The second kappa shape index (κ2) is 9.71. The average molecular weight is 631 g/mol. The van der Waals surface area contributed by atoms with Crippen molar-refractivity contribution in [2.75, 3.05) is 4.90 Å². The summed E-state index contributed by atoms with van der Waals surface area (Å²) in [5, 5.41) is 8.71. The highest BCUT2D eigenvalue weighted by Gasteiger charge is 2.24. The van der Waals surface area contributed by atoms with Crippen LogP contribution >= 0.6 is 11.3 Å². The van der Waals surface area contributed by atoms with Crippen LogP contribution in [-0.4, -0.2) is 4.40 Å². The van der Waals surface area contributed by atoms with Crippen molar-refractivity contribution in [1.82, 2.24) is 4.40 Å². The Kier molecular flexibility index (Phi) is 5.26. The number of hydrogen-bond acceptors (Lipinski definition) is 3. The van der Waals surface area contributed by atoms with Crippen molar-refractivity contribution in [3.05, 3.63) is 158 Å². The van der Waals surface area contributed by atoms with Crippen LogP contribution in [0.2, 0.25) is 0 Å². The van der Waals surface area contributed by atoms with Crippen LogP contribution in [0.3, 0.4) is 0 Å². The summed E-state index contributed by atoms with van der Waals surface area (Å²) < 4.78 is 10.2. The van der Waals surface area contributed by atoms with Gasteiger partial charge in [-0.05, 0) is 65.7 Å². The first kappa shape index (κ1) is 26.0. The first-order valence-electron chi connectivity index (χ1n) is 16.3. The molecule has 11 rings (SSSR count). The van der Waals surface area contributed by atoms with Crippen LogP contribution in [0.4, 0.5) is 17.1 Å². The summed E-state index contributed by atoms with van der Waals surface area (Å²) in [4.78, 5) is 3.70. The highest BCUT2D eigenvalue weighted by Crippen LogP contribution is 2.49. The molecule has 48 heavy (non-hydrogen) atoms. The quantitative estimate of drug-likeness (QED) is 0.193. The molecule has 4 aromatic heterocycles. The van der Waals surface area contributed by atoms with Crippen LogP contribution in [0.1, 0.15) is 0 Å². The van der Waals surface area contributed by atoms with Gasteiger partial charge in [0.2, 0.25) is 0 Å². The van der Waals surface area contributed by atoms with E-state index in [0.717, 1.165) is 39.0 Å². The number of aromatic nitrogens is 1.